The third kappa shape index (κ3) is 11.6. The molecule has 0 fully saturated rings. The van der Waals surface area contributed by atoms with Gasteiger partial charge in [0.25, 0.3) is 0 Å². The van der Waals surface area contributed by atoms with Gasteiger partial charge < -0.3 is 14.2 Å². The Balaban J connectivity index is 4.10. The maximum absolute atomic E-state index is 11.5. The Morgan fingerprint density at radius 2 is 1.08 bits per heavy atom. The van der Waals surface area contributed by atoms with E-state index in [0.29, 0.717) is 12.8 Å². The average molecular weight is 366 g/mol. The summed E-state index contributed by atoms with van der Waals surface area (Å²) in [4.78, 5) is 41.8. The van der Waals surface area contributed by atoms with Crippen molar-refractivity contribution in [3.05, 3.63) is 0 Å². The minimum absolute atomic E-state index is 0.629. The fourth-order valence-electron chi connectivity index (χ4n) is 1.05. The quantitative estimate of drug-likeness (QED) is 0.243. The van der Waals surface area contributed by atoms with Crippen molar-refractivity contribution >= 4 is 12.3 Å². The van der Waals surface area contributed by atoms with Crippen molar-refractivity contribution in [1.82, 2.24) is 0 Å². The zero-order chi connectivity index (χ0) is 19.7. The zero-order valence-corrected chi connectivity index (χ0v) is 16.2. The van der Waals surface area contributed by atoms with Crippen LogP contribution in [-0.2, 0) is 33.8 Å². The van der Waals surface area contributed by atoms with Crippen LogP contribution in [0.5, 0.6) is 0 Å². The molecule has 0 rings (SSSR count). The lowest BCUT2D eigenvalue weighted by Crippen LogP contribution is -2.30. The van der Waals surface area contributed by atoms with Gasteiger partial charge in [0.2, 0.25) is 12.6 Å². The molecule has 0 saturated heterocycles. The van der Waals surface area contributed by atoms with Crippen LogP contribution < -0.4 is 0 Å². The van der Waals surface area contributed by atoms with Gasteiger partial charge in [-0.3, -0.25) is 9.78 Å². The van der Waals surface area contributed by atoms with Gasteiger partial charge in [-0.05, 0) is 54.4 Å². The Morgan fingerprint density at radius 1 is 0.760 bits per heavy atom. The summed E-state index contributed by atoms with van der Waals surface area (Å²) in [6.45, 7) is 13.6. The first-order valence-corrected chi connectivity index (χ1v) is 8.19. The van der Waals surface area contributed by atoms with Crippen LogP contribution in [-0.4, -0.2) is 36.1 Å². The number of hydrogen-bond donors (Lipinski definition) is 0. The third-order valence-electron chi connectivity index (χ3n) is 3.28. The number of carbonyl (C=O) groups excluding carboxylic acids is 2. The Hall–Kier alpha value is -1.58. The van der Waals surface area contributed by atoms with E-state index in [0.717, 1.165) is 0 Å². The molecule has 0 aromatic carbocycles. The summed E-state index contributed by atoms with van der Waals surface area (Å²) in [5.74, 6) is 0. The van der Waals surface area contributed by atoms with Crippen LogP contribution in [0.25, 0.3) is 0 Å². The van der Waals surface area contributed by atoms with Crippen LogP contribution >= 0.6 is 0 Å². The number of ether oxygens (including phenoxy) is 3. The second kappa shape index (κ2) is 10.4. The Bertz CT molecular complexity index is 382. The predicted molar refractivity (Wildman–Crippen MR) is 86.1 cm³/mol. The molecule has 0 saturated carbocycles. The molecule has 0 spiro atoms. The Kier molecular flexibility index (Phi) is 9.76. The minimum atomic E-state index is -1.07. The lowest BCUT2D eigenvalue weighted by molar-refractivity contribution is -0.334. The molecule has 25 heavy (non-hydrogen) atoms. The smallest absolute Gasteiger partial charge is 0.403 e. The van der Waals surface area contributed by atoms with Crippen LogP contribution in [0.2, 0.25) is 0 Å². The molecule has 9 nitrogen and oxygen atoms in total. The molecule has 0 aliphatic rings. The molecule has 0 aromatic rings. The highest BCUT2D eigenvalue weighted by molar-refractivity contribution is 5.59. The van der Waals surface area contributed by atoms with E-state index < -0.39 is 36.1 Å². The molecular formula is C16H30O9. The highest BCUT2D eigenvalue weighted by Gasteiger charge is 2.24. The van der Waals surface area contributed by atoms with Crippen LogP contribution in [0.3, 0.4) is 0 Å². The van der Waals surface area contributed by atoms with Crippen molar-refractivity contribution in [3.8, 4) is 0 Å². The van der Waals surface area contributed by atoms with E-state index in [1.807, 2.05) is 13.8 Å². The molecule has 0 aliphatic carbocycles. The molecule has 0 N–H and O–H groups in total. The third-order valence-corrected chi connectivity index (χ3v) is 3.28. The second-order valence-corrected chi connectivity index (χ2v) is 6.57. The summed E-state index contributed by atoms with van der Waals surface area (Å²) in [5, 5.41) is 0. The summed E-state index contributed by atoms with van der Waals surface area (Å²) in [6.07, 6.45) is -2.96. The molecule has 0 bridgehead atoms. The van der Waals surface area contributed by atoms with E-state index in [-0.39, 0.29) is 0 Å². The molecule has 2 unspecified atom stereocenters. The van der Waals surface area contributed by atoms with Crippen LogP contribution in [0.1, 0.15) is 68.2 Å². The normalized spacial score (nSPS) is 14.4. The monoisotopic (exact) mass is 366 g/mol. The van der Waals surface area contributed by atoms with Gasteiger partial charge in [0.1, 0.15) is 11.2 Å². The van der Waals surface area contributed by atoms with Crippen LogP contribution in [0.15, 0.2) is 0 Å². The first-order chi connectivity index (χ1) is 11.4. The molecule has 9 heteroatoms. The second-order valence-electron chi connectivity index (χ2n) is 6.57. The Labute approximate surface area is 148 Å². The van der Waals surface area contributed by atoms with Crippen molar-refractivity contribution < 1.29 is 43.3 Å². The van der Waals surface area contributed by atoms with E-state index in [4.69, 9.17) is 24.0 Å². The lowest BCUT2D eigenvalue weighted by atomic mass is 10.1. The fraction of sp³-hybridized carbons (Fsp3) is 0.875. The minimum Gasteiger partial charge on any atom is -0.403 e. The van der Waals surface area contributed by atoms with Crippen molar-refractivity contribution in [2.75, 3.05) is 0 Å². The standard InChI is InChI=1S/C16H30O9/c1-9-15(5,6)24-22-13(17)20-11(3)19-12(4)21-14(18)23-25-16(7,8)10-2/h11-12H,9-10H2,1-8H3. The van der Waals surface area contributed by atoms with Gasteiger partial charge in [-0.1, -0.05) is 13.8 Å². The van der Waals surface area contributed by atoms with Gasteiger partial charge in [-0.2, -0.15) is 9.78 Å². The molecule has 0 aliphatic heterocycles. The first-order valence-electron chi connectivity index (χ1n) is 8.19. The number of carbonyl (C=O) groups is 2. The average Bonchev–Trinajstić information content (AvgIpc) is 2.51. The topological polar surface area (TPSA) is 98.8 Å². The zero-order valence-electron chi connectivity index (χ0n) is 16.2. The molecule has 0 heterocycles. The maximum atomic E-state index is 11.5. The highest BCUT2D eigenvalue weighted by atomic mass is 17.2. The van der Waals surface area contributed by atoms with Gasteiger partial charge in [0.05, 0.1) is 0 Å². The number of rotatable bonds is 10. The fourth-order valence-corrected chi connectivity index (χ4v) is 1.05. The molecule has 148 valence electrons. The van der Waals surface area contributed by atoms with E-state index >= 15 is 0 Å². The van der Waals surface area contributed by atoms with Gasteiger partial charge >= 0.3 is 12.3 Å². The van der Waals surface area contributed by atoms with E-state index in [9.17, 15) is 9.59 Å². The van der Waals surface area contributed by atoms with Crippen molar-refractivity contribution in [2.24, 2.45) is 0 Å². The highest BCUT2D eigenvalue weighted by Crippen LogP contribution is 2.16. The Morgan fingerprint density at radius 3 is 1.36 bits per heavy atom. The van der Waals surface area contributed by atoms with E-state index in [1.165, 1.54) is 13.8 Å². The summed E-state index contributed by atoms with van der Waals surface area (Å²) in [7, 11) is 0. The maximum Gasteiger partial charge on any atom is 0.542 e. The first kappa shape index (κ1) is 23.4. The van der Waals surface area contributed by atoms with E-state index in [1.54, 1.807) is 27.7 Å². The van der Waals surface area contributed by atoms with Gasteiger partial charge in [-0.15, -0.1) is 0 Å². The SMILES string of the molecule is CCC(C)(C)OOC(=O)OC(C)OC(C)OC(=O)OOC(C)(C)CC. The molecule has 2 atom stereocenters. The van der Waals surface area contributed by atoms with E-state index in [2.05, 4.69) is 9.78 Å². The van der Waals surface area contributed by atoms with Crippen molar-refractivity contribution in [3.63, 3.8) is 0 Å². The summed E-state index contributed by atoms with van der Waals surface area (Å²) >= 11 is 0. The summed E-state index contributed by atoms with van der Waals surface area (Å²) in [5.41, 5.74) is -1.26. The molecular weight excluding hydrogens is 336 g/mol. The molecule has 0 radical (unpaired) electrons. The number of hydrogen-bond acceptors (Lipinski definition) is 9. The van der Waals surface area contributed by atoms with Crippen molar-refractivity contribution in [1.29, 1.82) is 0 Å². The molecule has 0 aromatic heterocycles. The van der Waals surface area contributed by atoms with Gasteiger partial charge in [0.15, 0.2) is 0 Å². The molecule has 0 amide bonds. The predicted octanol–water partition coefficient (Wildman–Crippen LogP) is 4.24. The largest absolute Gasteiger partial charge is 0.542 e. The van der Waals surface area contributed by atoms with Crippen LogP contribution in [0, 0.1) is 0 Å². The summed E-state index contributed by atoms with van der Waals surface area (Å²) < 4.78 is 14.8. The van der Waals surface area contributed by atoms with Gasteiger partial charge in [-0.25, -0.2) is 9.59 Å². The van der Waals surface area contributed by atoms with Crippen LogP contribution in [0.4, 0.5) is 9.59 Å². The van der Waals surface area contributed by atoms with Crippen molar-refractivity contribution in [2.45, 2.75) is 92.0 Å². The summed E-state index contributed by atoms with van der Waals surface area (Å²) in [6, 6.07) is 0. The van der Waals surface area contributed by atoms with Gasteiger partial charge in [0, 0.05) is 0 Å². The lowest BCUT2D eigenvalue weighted by Gasteiger charge is -2.23.